The summed E-state index contributed by atoms with van der Waals surface area (Å²) in [6.07, 6.45) is -3.28. The van der Waals surface area contributed by atoms with E-state index in [4.69, 9.17) is 23.2 Å². The van der Waals surface area contributed by atoms with E-state index in [2.05, 4.69) is 15.6 Å². The second-order valence-electron chi connectivity index (χ2n) is 7.34. The number of hydrogen-bond donors (Lipinski definition) is 2. The molecule has 0 atom stereocenters. The third-order valence-electron chi connectivity index (χ3n) is 5.03. The number of benzene rings is 2. The van der Waals surface area contributed by atoms with E-state index in [1.165, 1.54) is 6.20 Å². The highest BCUT2D eigenvalue weighted by Crippen LogP contribution is 2.34. The molecule has 0 aliphatic rings. The van der Waals surface area contributed by atoms with Gasteiger partial charge in [-0.05, 0) is 55.1 Å². The maximum absolute atomic E-state index is 13.4. The highest BCUT2D eigenvalue weighted by Gasteiger charge is 2.32. The summed E-state index contributed by atoms with van der Waals surface area (Å²) < 4.78 is 67.4. The quantitative estimate of drug-likeness (QED) is 0.297. The van der Waals surface area contributed by atoms with Gasteiger partial charge in [-0.3, -0.25) is 0 Å². The van der Waals surface area contributed by atoms with Crippen molar-refractivity contribution in [3.8, 4) is 0 Å². The minimum Gasteiger partial charge on any atom is -0.353 e. The summed E-state index contributed by atoms with van der Waals surface area (Å²) in [5.41, 5.74) is 0.831. The van der Waals surface area contributed by atoms with Crippen LogP contribution in [-0.4, -0.2) is 24.4 Å². The molecule has 4 aromatic rings. The second-order valence-corrected chi connectivity index (χ2v) is 9.90. The van der Waals surface area contributed by atoms with Crippen LogP contribution < -0.4 is 10.6 Å². The topological polar surface area (TPSA) is 76.0 Å². The van der Waals surface area contributed by atoms with Crippen molar-refractivity contribution in [3.05, 3.63) is 82.2 Å². The van der Waals surface area contributed by atoms with Gasteiger partial charge in [0.15, 0.2) is 5.15 Å². The van der Waals surface area contributed by atoms with Crippen molar-refractivity contribution in [1.29, 1.82) is 0 Å². The summed E-state index contributed by atoms with van der Waals surface area (Å²) in [5.74, 6) is 0. The van der Waals surface area contributed by atoms with Gasteiger partial charge >= 0.3 is 6.18 Å². The Labute approximate surface area is 203 Å². The molecule has 2 aromatic heterocycles. The molecule has 0 saturated carbocycles. The summed E-state index contributed by atoms with van der Waals surface area (Å²) in [6.45, 7) is 0.349. The van der Waals surface area contributed by atoms with Crippen molar-refractivity contribution >= 4 is 55.5 Å². The van der Waals surface area contributed by atoms with Gasteiger partial charge in [-0.25, -0.2) is 17.4 Å². The van der Waals surface area contributed by atoms with Gasteiger partial charge in [0.1, 0.15) is 5.15 Å². The van der Waals surface area contributed by atoms with Crippen LogP contribution in [0.4, 0.5) is 24.5 Å². The second kappa shape index (κ2) is 9.10. The van der Waals surface area contributed by atoms with Gasteiger partial charge in [-0.15, -0.1) is 0 Å². The molecule has 4 rings (SSSR count). The molecular weight excluding hydrogens is 512 g/mol. The van der Waals surface area contributed by atoms with E-state index in [0.717, 1.165) is 22.2 Å². The average molecular weight is 529 g/mol. The van der Waals surface area contributed by atoms with Gasteiger partial charge in [-0.1, -0.05) is 35.3 Å². The van der Waals surface area contributed by atoms with E-state index in [1.54, 1.807) is 37.4 Å². The minimum atomic E-state index is -4.68. The van der Waals surface area contributed by atoms with Crippen molar-refractivity contribution in [3.63, 3.8) is 0 Å². The number of nitrogens with zero attached hydrogens (tertiary/aromatic N) is 2. The maximum atomic E-state index is 13.4. The van der Waals surface area contributed by atoms with Crippen LogP contribution in [0.2, 0.25) is 10.3 Å². The molecule has 0 aliphatic carbocycles. The molecule has 0 saturated heterocycles. The first-order valence-electron chi connectivity index (χ1n) is 9.81. The van der Waals surface area contributed by atoms with Gasteiger partial charge in [0.05, 0.1) is 21.7 Å². The number of fused-ring (bicyclic) bond motifs is 1. The van der Waals surface area contributed by atoms with E-state index >= 15 is 0 Å². The number of alkyl halides is 3. The molecule has 2 aromatic carbocycles. The lowest BCUT2D eigenvalue weighted by molar-refractivity contribution is -0.137. The Bertz CT molecular complexity index is 1490. The zero-order chi connectivity index (χ0) is 24.7. The van der Waals surface area contributed by atoms with Crippen LogP contribution in [0.3, 0.4) is 0 Å². The maximum Gasteiger partial charge on any atom is 0.416 e. The molecular formula is C22H17Cl2F3N4O2S. The van der Waals surface area contributed by atoms with Crippen LogP contribution in [0.1, 0.15) is 11.1 Å². The summed E-state index contributed by atoms with van der Waals surface area (Å²) in [4.78, 5) is 3.48. The molecule has 6 nitrogen and oxygen atoms in total. The van der Waals surface area contributed by atoms with Crippen molar-refractivity contribution in [2.45, 2.75) is 17.6 Å². The summed E-state index contributed by atoms with van der Waals surface area (Å²) >= 11 is 11.9. The molecule has 0 radical (unpaired) electrons. The van der Waals surface area contributed by atoms with Gasteiger partial charge in [0, 0.05) is 23.8 Å². The van der Waals surface area contributed by atoms with Crippen molar-refractivity contribution in [2.24, 2.45) is 0 Å². The van der Waals surface area contributed by atoms with Crippen molar-refractivity contribution in [1.82, 2.24) is 14.3 Å². The number of nitrogens with one attached hydrogen (secondary N) is 2. The van der Waals surface area contributed by atoms with Crippen LogP contribution in [-0.2, 0) is 22.7 Å². The Kier molecular flexibility index (Phi) is 6.52. The van der Waals surface area contributed by atoms with E-state index in [-0.39, 0.29) is 15.8 Å². The lowest BCUT2D eigenvalue weighted by atomic mass is 10.1. The lowest BCUT2D eigenvalue weighted by Crippen LogP contribution is -2.14. The normalized spacial score (nSPS) is 12.3. The minimum absolute atomic E-state index is 0.121. The third-order valence-corrected chi connectivity index (χ3v) is 7.20. The smallest absolute Gasteiger partial charge is 0.353 e. The van der Waals surface area contributed by atoms with E-state index < -0.39 is 26.7 Å². The number of aromatic nitrogens is 2. The van der Waals surface area contributed by atoms with Crippen LogP contribution in [0.25, 0.3) is 10.9 Å². The molecule has 12 heteroatoms. The van der Waals surface area contributed by atoms with Crippen LogP contribution in [0, 0.1) is 0 Å². The number of halogens is 5. The molecule has 2 N–H and O–H groups in total. The number of hydrogen-bond acceptors (Lipinski definition) is 5. The standard InChI is InChI=1S/C22H17Cl2F3N4O2S/c1-28-11-13-12-31(34(32,33)16-4-2-3-14(9-16)22(25,26)27)19-10-15(5-6-17(13)19)29-18-7-8-20(23)30-21(18)24/h2-10,12,28-29H,11H2,1H3. The molecule has 0 fully saturated rings. The van der Waals surface area contributed by atoms with E-state index in [0.29, 0.717) is 34.9 Å². The monoisotopic (exact) mass is 528 g/mol. The highest BCUT2D eigenvalue weighted by atomic mass is 35.5. The van der Waals surface area contributed by atoms with Crippen molar-refractivity contribution in [2.75, 3.05) is 12.4 Å². The predicted molar refractivity (Wildman–Crippen MR) is 126 cm³/mol. The van der Waals surface area contributed by atoms with E-state index in [9.17, 15) is 21.6 Å². The molecule has 0 spiro atoms. The SMILES string of the molecule is CNCc1cn(S(=O)(=O)c2cccc(C(F)(F)F)c2)c2cc(Nc3ccc(Cl)nc3Cl)ccc12. The Hall–Kier alpha value is -2.79. The van der Waals surface area contributed by atoms with Crippen LogP contribution in [0.15, 0.2) is 65.7 Å². The molecule has 0 unspecified atom stereocenters. The summed E-state index contributed by atoms with van der Waals surface area (Å²) in [6, 6.07) is 11.8. The first-order chi connectivity index (χ1) is 16.0. The first-order valence-corrected chi connectivity index (χ1v) is 12.0. The zero-order valence-electron chi connectivity index (χ0n) is 17.5. The Morgan fingerprint density at radius 3 is 2.50 bits per heavy atom. The summed E-state index contributed by atoms with van der Waals surface area (Å²) in [7, 11) is -2.64. The highest BCUT2D eigenvalue weighted by molar-refractivity contribution is 7.90. The zero-order valence-corrected chi connectivity index (χ0v) is 19.8. The molecule has 0 aliphatic heterocycles. The Balaban J connectivity index is 1.85. The first kappa shape index (κ1) is 24.3. The van der Waals surface area contributed by atoms with Crippen LogP contribution >= 0.6 is 23.2 Å². The fourth-order valence-electron chi connectivity index (χ4n) is 3.48. The van der Waals surface area contributed by atoms with Gasteiger partial charge in [0.25, 0.3) is 10.0 Å². The number of anilines is 2. The van der Waals surface area contributed by atoms with Crippen molar-refractivity contribution < 1.29 is 21.6 Å². The summed E-state index contributed by atoms with van der Waals surface area (Å²) in [5, 5.41) is 6.97. The Morgan fingerprint density at radius 1 is 1.06 bits per heavy atom. The van der Waals surface area contributed by atoms with Gasteiger partial charge in [0.2, 0.25) is 0 Å². The molecule has 0 bridgehead atoms. The largest absolute Gasteiger partial charge is 0.416 e. The number of rotatable bonds is 6. The fraction of sp³-hybridized carbons (Fsp3) is 0.136. The average Bonchev–Trinajstić information content (AvgIpc) is 3.14. The van der Waals surface area contributed by atoms with E-state index in [1.807, 2.05) is 0 Å². The third kappa shape index (κ3) is 4.72. The molecule has 34 heavy (non-hydrogen) atoms. The predicted octanol–water partition coefficient (Wildman–Crippen LogP) is 6.06. The van der Waals surface area contributed by atoms with Gasteiger partial charge < -0.3 is 10.6 Å². The number of pyridine rings is 1. The molecule has 178 valence electrons. The Morgan fingerprint density at radius 2 is 1.82 bits per heavy atom. The fourth-order valence-corrected chi connectivity index (χ4v) is 5.30. The van der Waals surface area contributed by atoms with Gasteiger partial charge in [-0.2, -0.15) is 13.2 Å². The molecule has 2 heterocycles. The lowest BCUT2D eigenvalue weighted by Gasteiger charge is -2.12. The molecule has 0 amide bonds. The van der Waals surface area contributed by atoms with Crippen LogP contribution in [0.5, 0.6) is 0 Å².